The van der Waals surface area contributed by atoms with E-state index < -0.39 is 9.84 Å². The van der Waals surface area contributed by atoms with E-state index in [1.165, 1.54) is 42.3 Å². The third-order valence-corrected chi connectivity index (χ3v) is 7.81. The molecule has 44 heavy (non-hydrogen) atoms. The van der Waals surface area contributed by atoms with Crippen LogP contribution in [0.4, 0.5) is 21.7 Å². The smallest absolute Gasteiger partial charge is 0.257 e. The van der Waals surface area contributed by atoms with Crippen molar-refractivity contribution in [2.75, 3.05) is 37.2 Å². The van der Waals surface area contributed by atoms with E-state index in [4.69, 9.17) is 4.74 Å². The molecular weight excluding hydrogens is 587 g/mol. The van der Waals surface area contributed by atoms with Gasteiger partial charge in [-0.1, -0.05) is 24.3 Å². The normalized spacial score (nSPS) is 11.4. The minimum atomic E-state index is -3.51. The van der Waals surface area contributed by atoms with Crippen LogP contribution >= 0.6 is 0 Å². The molecule has 5 rings (SSSR count). The van der Waals surface area contributed by atoms with Crippen molar-refractivity contribution in [1.82, 2.24) is 19.9 Å². The molecule has 0 radical (unpaired) electrons. The van der Waals surface area contributed by atoms with E-state index in [0.717, 1.165) is 17.4 Å². The molecule has 2 N–H and O–H groups in total. The van der Waals surface area contributed by atoms with E-state index in [9.17, 15) is 22.4 Å². The zero-order valence-corrected chi connectivity index (χ0v) is 24.9. The number of fused-ring (bicyclic) bond motifs is 1. The van der Waals surface area contributed by atoms with E-state index in [2.05, 4.69) is 20.7 Å². The monoisotopic (exact) mass is 616 g/mol. The fraction of sp³-hybridized carbons (Fsp3) is 0.161. The van der Waals surface area contributed by atoms with Gasteiger partial charge in [-0.2, -0.15) is 4.98 Å². The Kier molecular flexibility index (Phi) is 8.69. The number of carbonyl (C=O) groups is 2. The highest BCUT2D eigenvalue weighted by atomic mass is 32.2. The number of aromatic nitrogens is 3. The van der Waals surface area contributed by atoms with Crippen LogP contribution in [0.5, 0.6) is 5.75 Å². The van der Waals surface area contributed by atoms with Crippen molar-refractivity contribution in [1.29, 1.82) is 0 Å². The molecule has 0 spiro atoms. The average Bonchev–Trinajstić information content (AvgIpc) is 3.41. The van der Waals surface area contributed by atoms with Gasteiger partial charge >= 0.3 is 0 Å². The number of nitrogens with one attached hydrogen (secondary N) is 2. The predicted octanol–water partition coefficient (Wildman–Crippen LogP) is 4.01. The number of rotatable bonds is 10. The number of anilines is 3. The number of likely N-dealkylation sites (N-methyl/N-ethyl adjacent to an activating group) is 1. The fourth-order valence-electron chi connectivity index (χ4n) is 4.53. The van der Waals surface area contributed by atoms with E-state index in [1.54, 1.807) is 48.1 Å². The summed E-state index contributed by atoms with van der Waals surface area (Å²) in [5.74, 6) is -0.716. The Labute approximate surface area is 253 Å². The van der Waals surface area contributed by atoms with Crippen molar-refractivity contribution in [3.8, 4) is 16.9 Å². The largest absolute Gasteiger partial charge is 0.495 e. The Bertz CT molecular complexity index is 1940. The zero-order chi connectivity index (χ0) is 31.4. The van der Waals surface area contributed by atoms with Gasteiger partial charge in [-0.05, 0) is 66.7 Å². The quantitative estimate of drug-likeness (QED) is 0.240. The lowest BCUT2D eigenvalue weighted by Crippen LogP contribution is -2.34. The molecule has 0 saturated carbocycles. The topological polar surface area (TPSA) is 135 Å². The lowest BCUT2D eigenvalue weighted by Gasteiger charge is -2.21. The second-order valence-electron chi connectivity index (χ2n) is 9.93. The number of pyridine rings is 1. The number of methoxy groups -OCH3 is 1. The summed E-state index contributed by atoms with van der Waals surface area (Å²) in [6.45, 7) is -0.0371. The molecule has 0 bridgehead atoms. The summed E-state index contributed by atoms with van der Waals surface area (Å²) >= 11 is 0. The molecular formula is C31H29FN6O5S. The van der Waals surface area contributed by atoms with Gasteiger partial charge in [0.1, 0.15) is 11.6 Å². The molecule has 0 atom stereocenters. The minimum Gasteiger partial charge on any atom is -0.495 e. The third kappa shape index (κ3) is 6.74. The summed E-state index contributed by atoms with van der Waals surface area (Å²) in [6, 6.07) is 20.9. The molecule has 0 saturated heterocycles. The number of carbonyl (C=O) groups excluding carboxylic acids is 2. The Morgan fingerprint density at radius 1 is 0.977 bits per heavy atom. The van der Waals surface area contributed by atoms with Gasteiger partial charge in [0.25, 0.3) is 5.95 Å². The Hall–Kier alpha value is -5.14. The number of nitrogens with zero attached hydrogens (tertiary/aromatic N) is 4. The van der Waals surface area contributed by atoms with Crippen LogP contribution in [0.25, 0.3) is 16.8 Å². The first kappa shape index (κ1) is 30.3. The SMILES string of the molecule is CNCC(=O)N(c1nc2ccc(-c3ccc(NC(=O)Cc4ccc(F)cc4)cc3)cn2n1)c1ccc(S(C)(=O)=O)cc1OC. The molecule has 5 aromatic rings. The number of halogens is 1. The molecule has 0 aliphatic carbocycles. The summed E-state index contributed by atoms with van der Waals surface area (Å²) in [6.07, 6.45) is 2.97. The van der Waals surface area contributed by atoms with Crippen molar-refractivity contribution in [2.45, 2.75) is 11.3 Å². The van der Waals surface area contributed by atoms with E-state index in [0.29, 0.717) is 16.9 Å². The van der Waals surface area contributed by atoms with E-state index in [1.807, 2.05) is 18.2 Å². The highest BCUT2D eigenvalue weighted by Crippen LogP contribution is 2.35. The van der Waals surface area contributed by atoms with Crippen LogP contribution in [0.15, 0.2) is 90.0 Å². The zero-order valence-electron chi connectivity index (χ0n) is 24.1. The van der Waals surface area contributed by atoms with Gasteiger partial charge in [-0.15, -0.1) is 5.10 Å². The number of amides is 2. The first-order chi connectivity index (χ1) is 21.0. The molecule has 2 heterocycles. The van der Waals surface area contributed by atoms with Crippen LogP contribution in [-0.4, -0.2) is 61.8 Å². The maximum Gasteiger partial charge on any atom is 0.257 e. The summed E-state index contributed by atoms with van der Waals surface area (Å²) in [7, 11) is -0.494. The van der Waals surface area contributed by atoms with Crippen molar-refractivity contribution < 1.29 is 27.1 Å². The average molecular weight is 617 g/mol. The highest BCUT2D eigenvalue weighted by Gasteiger charge is 2.26. The van der Waals surface area contributed by atoms with E-state index in [-0.39, 0.29) is 52.9 Å². The fourth-order valence-corrected chi connectivity index (χ4v) is 5.17. The Morgan fingerprint density at radius 3 is 2.34 bits per heavy atom. The van der Waals surface area contributed by atoms with Crippen LogP contribution < -0.4 is 20.3 Å². The molecule has 226 valence electrons. The lowest BCUT2D eigenvalue weighted by atomic mass is 10.1. The van der Waals surface area contributed by atoms with Crippen molar-refractivity contribution in [3.05, 3.63) is 96.4 Å². The van der Waals surface area contributed by atoms with Gasteiger partial charge in [-0.25, -0.2) is 22.2 Å². The molecule has 13 heteroatoms. The number of ether oxygens (including phenoxy) is 1. The van der Waals surface area contributed by atoms with Gasteiger partial charge < -0.3 is 15.4 Å². The maximum atomic E-state index is 13.2. The first-order valence-electron chi connectivity index (χ1n) is 13.4. The minimum absolute atomic E-state index is 0.0371. The third-order valence-electron chi connectivity index (χ3n) is 6.70. The molecule has 0 aliphatic heterocycles. The lowest BCUT2D eigenvalue weighted by molar-refractivity contribution is -0.117. The van der Waals surface area contributed by atoms with Gasteiger partial charge in [0.05, 0.1) is 30.7 Å². The van der Waals surface area contributed by atoms with Gasteiger partial charge in [0.2, 0.25) is 11.8 Å². The van der Waals surface area contributed by atoms with Crippen LogP contribution in [0.1, 0.15) is 5.56 Å². The Morgan fingerprint density at radius 2 is 1.68 bits per heavy atom. The summed E-state index contributed by atoms with van der Waals surface area (Å²) in [5, 5.41) is 10.2. The predicted molar refractivity (Wildman–Crippen MR) is 164 cm³/mol. The second-order valence-corrected chi connectivity index (χ2v) is 11.9. The molecule has 2 amide bonds. The van der Waals surface area contributed by atoms with Crippen LogP contribution in [0, 0.1) is 5.82 Å². The van der Waals surface area contributed by atoms with Crippen molar-refractivity contribution >= 4 is 44.6 Å². The standard InChI is InChI=1S/C31H29FN6O5S/c1-33-18-30(40)38(26-14-13-25(44(3,41)42)17-27(26)43-2)31-35-28-15-8-22(19-37(28)36-31)21-6-11-24(12-7-21)34-29(39)16-20-4-9-23(32)10-5-20/h4-15,17,19,33H,16,18H2,1-3H3,(H,34,39). The Balaban J connectivity index is 1.40. The summed E-state index contributed by atoms with van der Waals surface area (Å²) in [5.41, 5.74) is 3.73. The molecule has 11 nitrogen and oxygen atoms in total. The molecule has 2 aromatic heterocycles. The number of sulfone groups is 1. The van der Waals surface area contributed by atoms with Crippen molar-refractivity contribution in [3.63, 3.8) is 0 Å². The number of hydrogen-bond acceptors (Lipinski definition) is 8. The van der Waals surface area contributed by atoms with Crippen LogP contribution in [0.3, 0.4) is 0 Å². The van der Waals surface area contributed by atoms with Crippen molar-refractivity contribution in [2.24, 2.45) is 0 Å². The first-order valence-corrected chi connectivity index (χ1v) is 15.3. The van der Waals surface area contributed by atoms with Crippen LogP contribution in [0.2, 0.25) is 0 Å². The summed E-state index contributed by atoms with van der Waals surface area (Å²) < 4.78 is 44.3. The molecule has 0 fully saturated rings. The van der Waals surface area contributed by atoms with Crippen LogP contribution in [-0.2, 0) is 25.8 Å². The molecule has 0 unspecified atom stereocenters. The highest BCUT2D eigenvalue weighted by molar-refractivity contribution is 7.90. The molecule has 0 aliphatic rings. The number of benzene rings is 3. The summed E-state index contributed by atoms with van der Waals surface area (Å²) in [4.78, 5) is 31.5. The van der Waals surface area contributed by atoms with E-state index >= 15 is 0 Å². The molecule has 3 aromatic carbocycles. The maximum absolute atomic E-state index is 13.2. The second kappa shape index (κ2) is 12.6. The van der Waals surface area contributed by atoms with Gasteiger partial charge in [0.15, 0.2) is 15.5 Å². The van der Waals surface area contributed by atoms with Gasteiger partial charge in [-0.3, -0.25) is 9.59 Å². The number of hydrogen-bond donors (Lipinski definition) is 2. The van der Waals surface area contributed by atoms with Gasteiger partial charge in [0, 0.05) is 29.8 Å².